The molecule has 2 aliphatic rings. The highest BCUT2D eigenvalue weighted by molar-refractivity contribution is 7.91. The molecule has 27 heavy (non-hydrogen) atoms. The fourth-order valence-electron chi connectivity index (χ4n) is 3.51. The van der Waals surface area contributed by atoms with Crippen LogP contribution in [0.2, 0.25) is 0 Å². The van der Waals surface area contributed by atoms with Crippen molar-refractivity contribution in [2.75, 3.05) is 34.8 Å². The monoisotopic (exact) mass is 393 g/mol. The molecule has 8 heteroatoms. The quantitative estimate of drug-likeness (QED) is 0.686. The third kappa shape index (κ3) is 4.26. The molecule has 3 rings (SSSR count). The molecule has 0 radical (unpaired) electrons. The third-order valence-electron chi connectivity index (χ3n) is 5.44. The average Bonchev–Trinajstić information content (AvgIpc) is 3.38. The molecular formula is C19H27N3O4S. The van der Waals surface area contributed by atoms with Crippen molar-refractivity contribution in [3.05, 3.63) is 24.3 Å². The van der Waals surface area contributed by atoms with Crippen molar-refractivity contribution in [2.45, 2.75) is 39.2 Å². The highest BCUT2D eigenvalue weighted by Gasteiger charge is 2.57. The number of amides is 2. The van der Waals surface area contributed by atoms with Gasteiger partial charge in [0.25, 0.3) is 0 Å². The first-order chi connectivity index (χ1) is 12.8. The maximum Gasteiger partial charge on any atom is 0.240 e. The lowest BCUT2D eigenvalue weighted by Gasteiger charge is -2.21. The van der Waals surface area contributed by atoms with Crippen molar-refractivity contribution in [1.29, 1.82) is 0 Å². The Kier molecular flexibility index (Phi) is 5.46. The minimum Gasteiger partial charge on any atom is -0.372 e. The zero-order valence-electron chi connectivity index (χ0n) is 15.8. The zero-order valence-corrected chi connectivity index (χ0v) is 16.6. The van der Waals surface area contributed by atoms with Gasteiger partial charge in [0.05, 0.1) is 11.5 Å². The van der Waals surface area contributed by atoms with Gasteiger partial charge in [-0.1, -0.05) is 0 Å². The van der Waals surface area contributed by atoms with Crippen LogP contribution in [0.4, 0.5) is 11.4 Å². The molecule has 1 unspecified atom stereocenters. The van der Waals surface area contributed by atoms with Crippen molar-refractivity contribution in [3.63, 3.8) is 0 Å². The number of carbonyl (C=O) groups excluding carboxylic acids is 2. The molecule has 1 saturated carbocycles. The second kappa shape index (κ2) is 7.50. The molecule has 2 amide bonds. The number of anilines is 2. The van der Waals surface area contributed by atoms with Crippen LogP contribution in [0.3, 0.4) is 0 Å². The van der Waals surface area contributed by atoms with Crippen LogP contribution in [-0.4, -0.2) is 50.9 Å². The molecular weight excluding hydrogens is 366 g/mol. The molecule has 0 aromatic heterocycles. The lowest BCUT2D eigenvalue weighted by molar-refractivity contribution is -0.134. The van der Waals surface area contributed by atoms with Gasteiger partial charge in [0.1, 0.15) is 5.41 Å². The Morgan fingerprint density at radius 1 is 1.11 bits per heavy atom. The van der Waals surface area contributed by atoms with Gasteiger partial charge in [0.15, 0.2) is 9.84 Å². The van der Waals surface area contributed by atoms with E-state index in [1.165, 1.54) is 0 Å². The Hall–Kier alpha value is -2.09. The second-order valence-corrected chi connectivity index (χ2v) is 9.56. The van der Waals surface area contributed by atoms with E-state index in [0.717, 1.165) is 18.8 Å². The molecule has 1 aliphatic carbocycles. The molecule has 1 heterocycles. The number of nitrogens with zero attached hydrogens (tertiary/aromatic N) is 1. The van der Waals surface area contributed by atoms with Gasteiger partial charge in [-0.25, -0.2) is 8.42 Å². The Labute approximate surface area is 160 Å². The summed E-state index contributed by atoms with van der Waals surface area (Å²) in [4.78, 5) is 27.4. The van der Waals surface area contributed by atoms with E-state index in [-0.39, 0.29) is 29.4 Å². The minimum absolute atomic E-state index is 0.0384. The van der Waals surface area contributed by atoms with Crippen molar-refractivity contribution in [2.24, 2.45) is 5.41 Å². The summed E-state index contributed by atoms with van der Waals surface area (Å²) in [7, 11) is -3.07. The smallest absolute Gasteiger partial charge is 0.240 e. The van der Waals surface area contributed by atoms with Crippen molar-refractivity contribution >= 4 is 33.0 Å². The molecule has 7 nitrogen and oxygen atoms in total. The number of hydrogen-bond acceptors (Lipinski definition) is 5. The number of sulfone groups is 1. The second-order valence-electron chi connectivity index (χ2n) is 7.33. The van der Waals surface area contributed by atoms with Crippen molar-refractivity contribution < 1.29 is 18.0 Å². The first kappa shape index (κ1) is 19.7. The van der Waals surface area contributed by atoms with Crippen LogP contribution in [0, 0.1) is 5.41 Å². The molecule has 1 aromatic rings. The van der Waals surface area contributed by atoms with Crippen LogP contribution in [0.5, 0.6) is 0 Å². The first-order valence-electron chi connectivity index (χ1n) is 9.47. The Balaban J connectivity index is 1.61. The average molecular weight is 394 g/mol. The van der Waals surface area contributed by atoms with Gasteiger partial charge in [-0.05, 0) is 57.4 Å². The number of hydrogen-bond donors (Lipinski definition) is 2. The largest absolute Gasteiger partial charge is 0.372 e. The molecule has 1 saturated heterocycles. The first-order valence-corrected chi connectivity index (χ1v) is 11.3. The minimum atomic E-state index is -3.07. The van der Waals surface area contributed by atoms with E-state index in [2.05, 4.69) is 29.4 Å². The van der Waals surface area contributed by atoms with Crippen LogP contribution >= 0.6 is 0 Å². The van der Waals surface area contributed by atoms with Gasteiger partial charge in [-0.2, -0.15) is 0 Å². The summed E-state index contributed by atoms with van der Waals surface area (Å²) in [5.74, 6) is -0.627. The molecule has 148 valence electrons. The van der Waals surface area contributed by atoms with E-state index in [9.17, 15) is 18.0 Å². The summed E-state index contributed by atoms with van der Waals surface area (Å²) in [6.45, 7) is 5.99. The topological polar surface area (TPSA) is 95.6 Å². The SMILES string of the molecule is CCN(CC)c1ccc(NC(=O)C2(C(=O)NC3CCS(=O)(=O)C3)CC2)cc1. The predicted octanol–water partition coefficient (Wildman–Crippen LogP) is 1.55. The van der Waals surface area contributed by atoms with Gasteiger partial charge in [-0.3, -0.25) is 9.59 Å². The van der Waals surface area contributed by atoms with Crippen LogP contribution in [0.25, 0.3) is 0 Å². The number of rotatable bonds is 7. The van der Waals surface area contributed by atoms with Gasteiger partial charge in [0.2, 0.25) is 11.8 Å². The van der Waals surface area contributed by atoms with Gasteiger partial charge in [-0.15, -0.1) is 0 Å². The van der Waals surface area contributed by atoms with Crippen LogP contribution < -0.4 is 15.5 Å². The van der Waals surface area contributed by atoms with E-state index >= 15 is 0 Å². The molecule has 0 bridgehead atoms. The Morgan fingerprint density at radius 3 is 2.22 bits per heavy atom. The number of carbonyl (C=O) groups is 2. The molecule has 1 atom stereocenters. The predicted molar refractivity (Wildman–Crippen MR) is 106 cm³/mol. The summed E-state index contributed by atoms with van der Waals surface area (Å²) in [6, 6.07) is 7.19. The lowest BCUT2D eigenvalue weighted by atomic mass is 10.0. The summed E-state index contributed by atoms with van der Waals surface area (Å²) >= 11 is 0. The molecule has 1 aliphatic heterocycles. The van der Waals surface area contributed by atoms with E-state index in [1.54, 1.807) is 0 Å². The summed E-state index contributed by atoms with van der Waals surface area (Å²) < 4.78 is 23.1. The maximum atomic E-state index is 12.7. The van der Waals surface area contributed by atoms with E-state index in [1.807, 2.05) is 24.3 Å². The Bertz CT molecular complexity index is 812. The van der Waals surface area contributed by atoms with Crippen LogP contribution in [-0.2, 0) is 19.4 Å². The number of nitrogens with one attached hydrogen (secondary N) is 2. The van der Waals surface area contributed by atoms with Gasteiger partial charge >= 0.3 is 0 Å². The van der Waals surface area contributed by atoms with Crippen molar-refractivity contribution in [1.82, 2.24) is 5.32 Å². The summed E-state index contributed by atoms with van der Waals surface area (Å²) in [5.41, 5.74) is 0.668. The summed E-state index contributed by atoms with van der Waals surface area (Å²) in [5, 5.41) is 5.59. The van der Waals surface area contributed by atoms with Gasteiger partial charge < -0.3 is 15.5 Å². The fourth-order valence-corrected chi connectivity index (χ4v) is 5.18. The van der Waals surface area contributed by atoms with Gasteiger partial charge in [0, 0.05) is 30.5 Å². The Morgan fingerprint density at radius 2 is 1.74 bits per heavy atom. The molecule has 0 spiro atoms. The lowest BCUT2D eigenvalue weighted by Crippen LogP contribution is -2.45. The van der Waals surface area contributed by atoms with Crippen LogP contribution in [0.15, 0.2) is 24.3 Å². The van der Waals surface area contributed by atoms with E-state index < -0.39 is 15.3 Å². The third-order valence-corrected chi connectivity index (χ3v) is 7.21. The molecule has 2 fully saturated rings. The normalized spacial score (nSPS) is 22.1. The van der Waals surface area contributed by atoms with E-state index in [4.69, 9.17) is 0 Å². The van der Waals surface area contributed by atoms with Crippen molar-refractivity contribution in [3.8, 4) is 0 Å². The molecule has 2 N–H and O–H groups in total. The van der Waals surface area contributed by atoms with E-state index in [0.29, 0.717) is 24.9 Å². The molecule has 1 aromatic carbocycles. The highest BCUT2D eigenvalue weighted by atomic mass is 32.2. The van der Waals surface area contributed by atoms with Crippen LogP contribution in [0.1, 0.15) is 33.1 Å². The number of benzene rings is 1. The highest BCUT2D eigenvalue weighted by Crippen LogP contribution is 2.47. The fraction of sp³-hybridized carbons (Fsp3) is 0.579. The zero-order chi connectivity index (χ0) is 19.7. The summed E-state index contributed by atoms with van der Waals surface area (Å²) in [6.07, 6.45) is 1.39. The standard InChI is InChI=1S/C19H27N3O4S/c1-3-22(4-2)16-7-5-14(6-8-16)20-17(23)19(10-11-19)18(24)21-15-9-12-27(25,26)13-15/h5-8,15H,3-4,9-13H2,1-2H3,(H,20,23)(H,21,24). The maximum absolute atomic E-state index is 12.7.